The lowest BCUT2D eigenvalue weighted by Crippen LogP contribution is -1.99. The van der Waals surface area contributed by atoms with Crippen LogP contribution in [-0.4, -0.2) is 24.5 Å². The number of fused-ring (bicyclic) bond motifs is 21. The Morgan fingerprint density at radius 3 is 1.34 bits per heavy atom. The van der Waals surface area contributed by atoms with Gasteiger partial charge < -0.3 is 4.57 Å². The van der Waals surface area contributed by atoms with E-state index in [1.807, 2.05) is 36.4 Å². The summed E-state index contributed by atoms with van der Waals surface area (Å²) in [6.07, 6.45) is 11.5. The molecular weight excluding hydrogens is 1640 g/mol. The summed E-state index contributed by atoms with van der Waals surface area (Å²) in [5.41, 5.74) is 33.0. The van der Waals surface area contributed by atoms with Gasteiger partial charge in [-0.2, -0.15) is 0 Å². The molecule has 0 fully saturated rings. The van der Waals surface area contributed by atoms with Crippen molar-refractivity contribution in [2.24, 2.45) is 0 Å². The number of nitrogens with zero attached hydrogens (tertiary/aromatic N) is 5. The predicted molar refractivity (Wildman–Crippen MR) is 533 cm³/mol. The molecule has 3 aromatic heterocycles. The van der Waals surface area contributed by atoms with Crippen LogP contribution in [0.4, 0.5) is 0 Å². The molecule has 0 aliphatic heterocycles. The number of para-hydroxylation sites is 3. The molecule has 3 heterocycles. The molecule has 5 nitrogen and oxygen atoms in total. The van der Waals surface area contributed by atoms with E-state index >= 15 is 0 Å². The van der Waals surface area contributed by atoms with Crippen LogP contribution in [0.1, 0.15) is 22.3 Å². The molecule has 0 saturated carbocycles. The molecule has 0 amide bonds. The average molecular weight is 1710 g/mol. The molecule has 23 aromatic rings. The molecule has 5 aliphatic carbocycles. The van der Waals surface area contributed by atoms with Gasteiger partial charge in [0.1, 0.15) is 12.2 Å². The number of aromatic nitrogens is 5. The van der Waals surface area contributed by atoms with Gasteiger partial charge in [-0.05, 0) is 246 Å². The minimum absolute atomic E-state index is 0.711. The Bertz CT molecular complexity index is 8730. The number of hydrogen-bond acceptors (Lipinski definition) is 4. The molecule has 0 saturated heterocycles. The molecule has 0 N–H and O–H groups in total. The zero-order chi connectivity index (χ0) is 83.4. The van der Waals surface area contributed by atoms with Crippen LogP contribution in [0.2, 0.25) is 10.0 Å². The fourth-order valence-corrected chi connectivity index (χ4v) is 21.4. The highest BCUT2D eigenvalue weighted by Gasteiger charge is 2.30. The van der Waals surface area contributed by atoms with Gasteiger partial charge in [-0.1, -0.05) is 318 Å². The summed E-state index contributed by atoms with van der Waals surface area (Å²) < 4.78 is 3.47. The van der Waals surface area contributed by atoms with E-state index < -0.39 is 0 Å². The predicted octanol–water partition coefficient (Wildman–Crippen LogP) is 32.6. The van der Waals surface area contributed by atoms with Crippen LogP contribution in [0.25, 0.3) is 231 Å². The number of hydrogen-bond donors (Lipinski definition) is 0. The Morgan fingerprint density at radius 2 is 0.714 bits per heavy atom. The van der Waals surface area contributed by atoms with Crippen molar-refractivity contribution < 1.29 is 0 Å². The standard InChI is InChI=1S/C50H28ClN3.C34H19BrN2.C17H10Cl.C17H12/c51-31-21-20-29-28-47-43(27-30(29)26-31)36-14-6-8-19-45(36)54(47)46-25-24-41(34-12-3-4-13-35(34)46)50-52-44-18-7-5-15-42(44)49(53-50)40-23-22-39-33-11-2-1-10-32(33)37-16-9-17-38(40)48(37)39;35-30-19-18-28(22-10-3-4-11-23(22)30)34-36-31-15-6-5-12-29(31)33(37-34)27-17-16-26-21-9-2-1-8-20(21)24-13-7-14-25(27)32(24)26;18-15-6-5-11-7-14-8-12-3-1-2-4-16(12)17(14)10-13(11)9-15;1-2-6-13-11-17-15(9-12(13)5-1)10-14-7-3-4-8-16(14)17/h1-28H;1-19H;2-7,9-10H,8H2;1-9,11H,10H2/q;;+1;. The molecule has 0 bridgehead atoms. The van der Waals surface area contributed by atoms with Crippen molar-refractivity contribution in [2.75, 3.05) is 0 Å². The van der Waals surface area contributed by atoms with Gasteiger partial charge in [-0.3, -0.25) is 0 Å². The summed E-state index contributed by atoms with van der Waals surface area (Å²) in [6.45, 7) is 0. The second kappa shape index (κ2) is 29.6. The quantitative estimate of drug-likeness (QED) is 0.161. The fraction of sp³-hybridized carbons (Fsp3) is 0.0169. The minimum atomic E-state index is 0.711. The maximum atomic E-state index is 6.44. The third-order valence-electron chi connectivity index (χ3n) is 26.2. The topological polar surface area (TPSA) is 56.5 Å². The fourth-order valence-electron chi connectivity index (χ4n) is 20.5. The maximum absolute atomic E-state index is 6.44. The van der Waals surface area contributed by atoms with Gasteiger partial charge in [0, 0.05) is 81.8 Å². The Kier molecular flexibility index (Phi) is 17.3. The molecule has 28 rings (SSSR count). The van der Waals surface area contributed by atoms with Crippen LogP contribution < -0.4 is 0 Å². The first kappa shape index (κ1) is 73.6. The average Bonchev–Trinajstić information content (AvgIpc) is 1.54. The number of allylic oxidation sites excluding steroid dienone is 6. The van der Waals surface area contributed by atoms with Crippen LogP contribution in [-0.2, 0) is 12.8 Å². The first-order valence-corrected chi connectivity index (χ1v) is 44.2. The van der Waals surface area contributed by atoms with Crippen LogP contribution in [0.3, 0.4) is 0 Å². The van der Waals surface area contributed by atoms with E-state index in [9.17, 15) is 0 Å². The third kappa shape index (κ3) is 12.0. The van der Waals surface area contributed by atoms with Crippen molar-refractivity contribution >= 4 is 164 Å². The van der Waals surface area contributed by atoms with Gasteiger partial charge in [-0.25, -0.2) is 19.9 Å². The van der Waals surface area contributed by atoms with Crippen molar-refractivity contribution in [3.05, 3.63) is 443 Å². The van der Waals surface area contributed by atoms with E-state index in [0.29, 0.717) is 5.82 Å². The van der Waals surface area contributed by atoms with Gasteiger partial charge in [-0.15, -0.1) is 0 Å². The number of benzene rings is 20. The van der Waals surface area contributed by atoms with Crippen molar-refractivity contribution in [3.8, 4) is 107 Å². The SMILES string of the molecule is Brc1ccc(-c2nc(-c3ccc4c5c(cccc35)-c3ccccc3-4)c3ccccc3n2)c2ccccc12.Clc1ccc2cc3c(cc2c1)C1=C(C=[C+]C=C1)C3.Clc1ccc2cc3c(cc2c1)c1ccccc1n3-c1ccc(-c2nc(-c3ccc4c5c(cccc35)-c3ccccc3-4)c3ccccc3n2)c2ccccc12.c1ccc2c(c1)Cc1cc3ccccc3cc1-2. The van der Waals surface area contributed by atoms with E-state index in [4.69, 9.17) is 43.1 Å². The van der Waals surface area contributed by atoms with Gasteiger partial charge in [0.2, 0.25) is 0 Å². The summed E-state index contributed by atoms with van der Waals surface area (Å²) in [6, 6.07) is 134. The lowest BCUT2D eigenvalue weighted by atomic mass is 9.95. The minimum Gasteiger partial charge on any atom is -0.309 e. The van der Waals surface area contributed by atoms with Crippen LogP contribution >= 0.6 is 39.1 Å². The zero-order valence-electron chi connectivity index (χ0n) is 67.8. The Labute approximate surface area is 744 Å². The molecule has 20 aromatic carbocycles. The summed E-state index contributed by atoms with van der Waals surface area (Å²) in [5, 5.41) is 23.0. The van der Waals surface area contributed by atoms with Crippen molar-refractivity contribution in [2.45, 2.75) is 12.8 Å². The largest absolute Gasteiger partial charge is 0.309 e. The highest BCUT2D eigenvalue weighted by atomic mass is 79.9. The first-order chi connectivity index (χ1) is 62.2. The molecule has 586 valence electrons. The second-order valence-corrected chi connectivity index (χ2v) is 34.9. The Balaban J connectivity index is 0.000000102. The summed E-state index contributed by atoms with van der Waals surface area (Å²) in [5.74, 6) is 1.45. The Morgan fingerprint density at radius 1 is 0.270 bits per heavy atom. The van der Waals surface area contributed by atoms with Gasteiger partial charge >= 0.3 is 0 Å². The maximum Gasteiger partial charge on any atom is 0.161 e. The normalized spacial score (nSPS) is 12.7. The molecule has 0 spiro atoms. The zero-order valence-corrected chi connectivity index (χ0v) is 70.9. The summed E-state index contributed by atoms with van der Waals surface area (Å²) in [4.78, 5) is 21.0. The van der Waals surface area contributed by atoms with Gasteiger partial charge in [0.15, 0.2) is 11.6 Å². The molecule has 8 heteroatoms. The van der Waals surface area contributed by atoms with E-state index in [0.717, 1.165) is 138 Å². The second-order valence-electron chi connectivity index (χ2n) is 33.2. The van der Waals surface area contributed by atoms with Crippen molar-refractivity contribution in [1.82, 2.24) is 24.5 Å². The molecule has 0 radical (unpaired) electrons. The molecular formula is C118H69BrCl2N5+. The smallest absolute Gasteiger partial charge is 0.161 e. The highest BCUT2D eigenvalue weighted by Crippen LogP contribution is 2.53. The summed E-state index contributed by atoms with van der Waals surface area (Å²) >= 11 is 16.2. The van der Waals surface area contributed by atoms with E-state index in [2.05, 4.69) is 385 Å². The first-order valence-electron chi connectivity index (χ1n) is 42.7. The summed E-state index contributed by atoms with van der Waals surface area (Å²) in [7, 11) is 0. The van der Waals surface area contributed by atoms with Crippen LogP contribution in [0.15, 0.2) is 404 Å². The molecule has 126 heavy (non-hydrogen) atoms. The van der Waals surface area contributed by atoms with Crippen LogP contribution in [0.5, 0.6) is 0 Å². The molecule has 0 unspecified atom stereocenters. The van der Waals surface area contributed by atoms with Gasteiger partial charge in [0.05, 0.1) is 56.4 Å². The van der Waals surface area contributed by atoms with E-state index in [1.54, 1.807) is 0 Å². The van der Waals surface area contributed by atoms with Crippen molar-refractivity contribution in [1.29, 1.82) is 0 Å². The third-order valence-corrected chi connectivity index (χ3v) is 27.4. The highest BCUT2D eigenvalue weighted by molar-refractivity contribution is 9.10. The monoisotopic (exact) mass is 1700 g/mol. The molecule has 0 atom stereocenters. The van der Waals surface area contributed by atoms with E-state index in [1.165, 1.54) is 143 Å². The van der Waals surface area contributed by atoms with Crippen LogP contribution in [0, 0.1) is 6.08 Å². The lowest BCUT2D eigenvalue weighted by molar-refractivity contribution is 1.19. The molecule has 5 aliphatic rings. The van der Waals surface area contributed by atoms with Gasteiger partial charge in [0.25, 0.3) is 0 Å². The van der Waals surface area contributed by atoms with Crippen molar-refractivity contribution in [3.63, 3.8) is 0 Å². The number of rotatable bonds is 5. The Hall–Kier alpha value is -15.1. The van der Waals surface area contributed by atoms with E-state index in [-0.39, 0.29) is 0 Å². The lowest BCUT2D eigenvalue weighted by Gasteiger charge is -2.16. The number of halogens is 3.